The molecule has 2 aliphatic rings. The maximum absolute atomic E-state index is 12.7. The monoisotopic (exact) mass is 373 g/mol. The summed E-state index contributed by atoms with van der Waals surface area (Å²) in [6.45, 7) is 1.58. The first-order valence-corrected chi connectivity index (χ1v) is 10.1. The number of fused-ring (bicyclic) bond motifs is 1. The largest absolute Gasteiger partial charge is 0.335 e. The summed E-state index contributed by atoms with van der Waals surface area (Å²) in [6.07, 6.45) is 2.45. The van der Waals surface area contributed by atoms with Gasteiger partial charge in [-0.1, -0.05) is 18.2 Å². The van der Waals surface area contributed by atoms with Crippen LogP contribution in [0.25, 0.3) is 0 Å². The van der Waals surface area contributed by atoms with E-state index in [9.17, 15) is 18.5 Å². The third kappa shape index (κ3) is 2.75. The summed E-state index contributed by atoms with van der Waals surface area (Å²) in [4.78, 5) is 13.0. The van der Waals surface area contributed by atoms with Gasteiger partial charge in [-0.2, -0.15) is 4.31 Å². The van der Waals surface area contributed by atoms with Crippen molar-refractivity contribution in [2.75, 3.05) is 24.5 Å². The zero-order valence-corrected chi connectivity index (χ0v) is 15.0. The molecule has 136 valence electrons. The second-order valence-corrected chi connectivity index (χ2v) is 8.49. The molecule has 0 aliphatic carbocycles. The molecule has 2 aliphatic heterocycles. The van der Waals surface area contributed by atoms with Gasteiger partial charge in [0.15, 0.2) is 0 Å². The lowest BCUT2D eigenvalue weighted by atomic mass is 10.2. The molecule has 2 aromatic carbocycles. The second kappa shape index (κ2) is 6.37. The fourth-order valence-electron chi connectivity index (χ4n) is 3.70. The van der Waals surface area contributed by atoms with E-state index in [-0.39, 0.29) is 10.6 Å². The van der Waals surface area contributed by atoms with Crippen LogP contribution in [0.1, 0.15) is 18.4 Å². The van der Waals surface area contributed by atoms with Crippen LogP contribution in [-0.2, 0) is 16.4 Å². The highest BCUT2D eigenvalue weighted by Gasteiger charge is 2.32. The molecule has 0 N–H and O–H groups in total. The standard InChI is InChI=1S/C18H19N3O4S/c22-21(23)18-13-15(26(24,25)19-10-3-4-11-19)7-8-17(18)20-12-9-14-5-1-2-6-16(14)20/h1-2,5-8,13H,3-4,9-12H2. The Morgan fingerprint density at radius 3 is 2.42 bits per heavy atom. The van der Waals surface area contributed by atoms with Crippen LogP contribution in [0.5, 0.6) is 0 Å². The number of hydrogen-bond acceptors (Lipinski definition) is 5. The lowest BCUT2D eigenvalue weighted by Crippen LogP contribution is -2.28. The van der Waals surface area contributed by atoms with E-state index >= 15 is 0 Å². The van der Waals surface area contributed by atoms with Crippen molar-refractivity contribution < 1.29 is 13.3 Å². The number of rotatable bonds is 4. The molecule has 4 rings (SSSR count). The summed E-state index contributed by atoms with van der Waals surface area (Å²) in [5, 5.41) is 11.7. The zero-order valence-electron chi connectivity index (χ0n) is 14.2. The predicted octanol–water partition coefficient (Wildman–Crippen LogP) is 3.07. The van der Waals surface area contributed by atoms with Gasteiger partial charge in [0.05, 0.1) is 9.82 Å². The fourth-order valence-corrected chi connectivity index (χ4v) is 5.24. The molecule has 0 spiro atoms. The van der Waals surface area contributed by atoms with Gasteiger partial charge in [-0.3, -0.25) is 10.1 Å². The second-order valence-electron chi connectivity index (χ2n) is 6.55. The van der Waals surface area contributed by atoms with Crippen molar-refractivity contribution in [2.45, 2.75) is 24.2 Å². The molecule has 2 heterocycles. The Labute approximate surface area is 152 Å². The highest BCUT2D eigenvalue weighted by molar-refractivity contribution is 7.89. The smallest absolute Gasteiger partial charge is 0.294 e. The number of nitrogens with zero attached hydrogens (tertiary/aromatic N) is 3. The maximum Gasteiger partial charge on any atom is 0.294 e. The minimum Gasteiger partial charge on any atom is -0.335 e. The average molecular weight is 373 g/mol. The van der Waals surface area contributed by atoms with Crippen LogP contribution in [-0.4, -0.2) is 37.3 Å². The lowest BCUT2D eigenvalue weighted by molar-refractivity contribution is -0.384. The van der Waals surface area contributed by atoms with E-state index in [1.165, 1.54) is 16.4 Å². The Bertz CT molecular complexity index is 968. The number of nitro groups is 1. The SMILES string of the molecule is O=[N+]([O-])c1cc(S(=O)(=O)N2CCCC2)ccc1N1CCc2ccccc21. The Balaban J connectivity index is 1.77. The Morgan fingerprint density at radius 2 is 1.69 bits per heavy atom. The van der Waals surface area contributed by atoms with E-state index in [4.69, 9.17) is 0 Å². The summed E-state index contributed by atoms with van der Waals surface area (Å²) < 4.78 is 26.9. The van der Waals surface area contributed by atoms with E-state index in [1.807, 2.05) is 29.2 Å². The number of benzene rings is 2. The quantitative estimate of drug-likeness (QED) is 0.607. The zero-order chi connectivity index (χ0) is 18.3. The first kappa shape index (κ1) is 17.0. The molecule has 0 unspecified atom stereocenters. The van der Waals surface area contributed by atoms with Gasteiger partial charge in [0.25, 0.3) is 5.69 Å². The maximum atomic E-state index is 12.7. The molecule has 2 aromatic rings. The normalized spacial score (nSPS) is 17.5. The van der Waals surface area contributed by atoms with Gasteiger partial charge in [-0.25, -0.2) is 8.42 Å². The van der Waals surface area contributed by atoms with Crippen LogP contribution < -0.4 is 4.90 Å². The van der Waals surface area contributed by atoms with Crippen molar-refractivity contribution in [3.63, 3.8) is 0 Å². The molecule has 0 amide bonds. The van der Waals surface area contributed by atoms with E-state index in [2.05, 4.69) is 0 Å². The fraction of sp³-hybridized carbons (Fsp3) is 0.333. The molecule has 0 saturated carbocycles. The molecule has 0 atom stereocenters. The minimum absolute atomic E-state index is 0.0117. The summed E-state index contributed by atoms with van der Waals surface area (Å²) in [5.41, 5.74) is 2.32. The summed E-state index contributed by atoms with van der Waals surface area (Å²) >= 11 is 0. The van der Waals surface area contributed by atoms with E-state index in [1.54, 1.807) is 6.07 Å². The van der Waals surface area contributed by atoms with Crippen LogP contribution in [0.15, 0.2) is 47.4 Å². The predicted molar refractivity (Wildman–Crippen MR) is 98.2 cm³/mol. The average Bonchev–Trinajstić information content (AvgIpc) is 3.31. The third-order valence-corrected chi connectivity index (χ3v) is 6.92. The van der Waals surface area contributed by atoms with Gasteiger partial charge < -0.3 is 4.90 Å². The highest BCUT2D eigenvalue weighted by Crippen LogP contribution is 2.40. The molecule has 8 heteroatoms. The van der Waals surface area contributed by atoms with Crippen molar-refractivity contribution in [3.05, 3.63) is 58.1 Å². The van der Waals surface area contributed by atoms with Crippen molar-refractivity contribution in [2.24, 2.45) is 0 Å². The Morgan fingerprint density at radius 1 is 0.962 bits per heavy atom. The van der Waals surface area contributed by atoms with Gasteiger partial charge in [0.1, 0.15) is 5.69 Å². The van der Waals surface area contributed by atoms with Crippen LogP contribution in [0, 0.1) is 10.1 Å². The minimum atomic E-state index is -3.69. The molecular weight excluding hydrogens is 354 g/mol. The van der Waals surface area contributed by atoms with Crippen molar-refractivity contribution >= 4 is 27.1 Å². The molecule has 7 nitrogen and oxygen atoms in total. The first-order valence-electron chi connectivity index (χ1n) is 8.62. The molecule has 1 saturated heterocycles. The Hall–Kier alpha value is -2.45. The summed E-state index contributed by atoms with van der Waals surface area (Å²) in [7, 11) is -3.69. The first-order chi connectivity index (χ1) is 12.5. The molecule has 26 heavy (non-hydrogen) atoms. The van der Waals surface area contributed by atoms with Crippen LogP contribution in [0.4, 0.5) is 17.1 Å². The number of anilines is 2. The third-order valence-electron chi connectivity index (χ3n) is 5.02. The highest BCUT2D eigenvalue weighted by atomic mass is 32.2. The summed E-state index contributed by atoms with van der Waals surface area (Å²) in [6, 6.07) is 12.0. The van der Waals surface area contributed by atoms with Gasteiger partial charge in [0.2, 0.25) is 10.0 Å². The Kier molecular flexibility index (Phi) is 4.16. The molecule has 0 aromatic heterocycles. The van der Waals surface area contributed by atoms with Crippen molar-refractivity contribution in [1.82, 2.24) is 4.31 Å². The van der Waals surface area contributed by atoms with Crippen LogP contribution in [0.2, 0.25) is 0 Å². The topological polar surface area (TPSA) is 83.8 Å². The molecule has 1 fully saturated rings. The lowest BCUT2D eigenvalue weighted by Gasteiger charge is -2.21. The van der Waals surface area contributed by atoms with Gasteiger partial charge >= 0.3 is 0 Å². The number of sulfonamides is 1. The number of hydrogen-bond donors (Lipinski definition) is 0. The van der Waals surface area contributed by atoms with E-state index < -0.39 is 14.9 Å². The van der Waals surface area contributed by atoms with Gasteiger partial charge in [0, 0.05) is 31.4 Å². The van der Waals surface area contributed by atoms with Crippen molar-refractivity contribution in [1.29, 1.82) is 0 Å². The molecule has 0 radical (unpaired) electrons. The van der Waals surface area contributed by atoms with Crippen molar-refractivity contribution in [3.8, 4) is 0 Å². The summed E-state index contributed by atoms with van der Waals surface area (Å²) in [5.74, 6) is 0. The number of nitro benzene ring substituents is 1. The van der Waals surface area contributed by atoms with Crippen LogP contribution >= 0.6 is 0 Å². The molecule has 0 bridgehead atoms. The van der Waals surface area contributed by atoms with E-state index in [0.29, 0.717) is 25.3 Å². The number of para-hydroxylation sites is 1. The van der Waals surface area contributed by atoms with Gasteiger partial charge in [-0.05, 0) is 43.0 Å². The molecular formula is C18H19N3O4S. The van der Waals surface area contributed by atoms with Gasteiger partial charge in [-0.15, -0.1) is 0 Å². The van der Waals surface area contributed by atoms with Crippen LogP contribution in [0.3, 0.4) is 0 Å². The van der Waals surface area contributed by atoms with E-state index in [0.717, 1.165) is 30.5 Å².